The van der Waals surface area contributed by atoms with E-state index in [1.165, 1.54) is 21.8 Å². The van der Waals surface area contributed by atoms with Crippen molar-refractivity contribution >= 4 is 23.2 Å². The van der Waals surface area contributed by atoms with Crippen molar-refractivity contribution in [3.63, 3.8) is 0 Å². The predicted molar refractivity (Wildman–Crippen MR) is 79.2 cm³/mol. The number of carboxylic acid groups (broad SMARTS) is 1. The first-order valence-corrected chi connectivity index (χ1v) is 7.94. The number of carbonyl (C=O) groups excluding carboxylic acids is 1. The lowest BCUT2D eigenvalue weighted by Crippen LogP contribution is -2.32. The van der Waals surface area contributed by atoms with Crippen molar-refractivity contribution in [3.05, 3.63) is 21.4 Å². The molecule has 5 heteroatoms. The Morgan fingerprint density at radius 3 is 2.80 bits per heavy atom. The molecule has 1 fully saturated rings. The number of nitrogens with one attached hydrogen (secondary N) is 1. The van der Waals surface area contributed by atoms with Gasteiger partial charge in [-0.25, -0.2) is 0 Å². The van der Waals surface area contributed by atoms with Gasteiger partial charge in [0.15, 0.2) is 0 Å². The standard InChI is InChI=1S/C15H21NO3S/c1-3-10-7-13(20-9(10)2)14(17)16-8-11-5-4-6-12(11)15(18)19/h7,11-12H,3-6,8H2,1-2H3,(H,16,17)(H,18,19). The van der Waals surface area contributed by atoms with Gasteiger partial charge in [-0.05, 0) is 43.7 Å². The molecule has 0 aliphatic heterocycles. The highest BCUT2D eigenvalue weighted by atomic mass is 32.1. The molecule has 0 radical (unpaired) electrons. The van der Waals surface area contributed by atoms with Crippen LogP contribution in [0.2, 0.25) is 0 Å². The molecule has 1 aliphatic rings. The summed E-state index contributed by atoms with van der Waals surface area (Å²) in [6.07, 6.45) is 3.49. The summed E-state index contributed by atoms with van der Waals surface area (Å²) < 4.78 is 0. The fourth-order valence-electron chi connectivity index (χ4n) is 2.90. The molecule has 110 valence electrons. The first-order valence-electron chi connectivity index (χ1n) is 7.13. The van der Waals surface area contributed by atoms with Crippen LogP contribution in [0.5, 0.6) is 0 Å². The summed E-state index contributed by atoms with van der Waals surface area (Å²) >= 11 is 1.51. The zero-order valence-corrected chi connectivity index (χ0v) is 12.8. The van der Waals surface area contributed by atoms with Crippen LogP contribution in [0, 0.1) is 18.8 Å². The molecular formula is C15H21NO3S. The molecule has 2 N–H and O–H groups in total. The van der Waals surface area contributed by atoms with E-state index in [1.54, 1.807) is 0 Å². The predicted octanol–water partition coefficient (Wildman–Crippen LogP) is 2.85. The summed E-state index contributed by atoms with van der Waals surface area (Å²) in [6.45, 7) is 4.57. The van der Waals surface area contributed by atoms with Gasteiger partial charge < -0.3 is 10.4 Å². The van der Waals surface area contributed by atoms with Crippen molar-refractivity contribution in [1.29, 1.82) is 0 Å². The van der Waals surface area contributed by atoms with Crippen LogP contribution in [0.4, 0.5) is 0 Å². The fourth-order valence-corrected chi connectivity index (χ4v) is 3.93. The van der Waals surface area contributed by atoms with Crippen molar-refractivity contribution in [3.8, 4) is 0 Å². The molecular weight excluding hydrogens is 274 g/mol. The second kappa shape index (κ2) is 6.39. The lowest BCUT2D eigenvalue weighted by molar-refractivity contribution is -0.142. The van der Waals surface area contributed by atoms with Crippen LogP contribution in [0.3, 0.4) is 0 Å². The van der Waals surface area contributed by atoms with Crippen LogP contribution in [0.1, 0.15) is 46.3 Å². The average Bonchev–Trinajstić information content (AvgIpc) is 3.01. The quantitative estimate of drug-likeness (QED) is 0.878. The minimum Gasteiger partial charge on any atom is -0.481 e. The Labute approximate surface area is 123 Å². The van der Waals surface area contributed by atoms with E-state index in [0.717, 1.165) is 30.6 Å². The molecule has 1 aromatic heterocycles. The molecule has 2 rings (SSSR count). The van der Waals surface area contributed by atoms with E-state index in [1.807, 2.05) is 13.0 Å². The third kappa shape index (κ3) is 3.20. The zero-order chi connectivity index (χ0) is 14.7. The van der Waals surface area contributed by atoms with Crippen molar-refractivity contribution in [2.24, 2.45) is 11.8 Å². The second-order valence-corrected chi connectivity index (χ2v) is 6.65. The highest BCUT2D eigenvalue weighted by Gasteiger charge is 2.32. The molecule has 1 saturated carbocycles. The first kappa shape index (κ1) is 15.0. The molecule has 2 unspecified atom stereocenters. The van der Waals surface area contributed by atoms with Gasteiger partial charge in [0.25, 0.3) is 5.91 Å². The summed E-state index contributed by atoms with van der Waals surface area (Å²) in [5.74, 6) is -1.04. The van der Waals surface area contributed by atoms with Gasteiger partial charge in [0.2, 0.25) is 0 Å². The van der Waals surface area contributed by atoms with Crippen molar-refractivity contribution in [2.75, 3.05) is 6.54 Å². The minimum absolute atomic E-state index is 0.0724. The summed E-state index contributed by atoms with van der Waals surface area (Å²) in [4.78, 5) is 25.1. The topological polar surface area (TPSA) is 66.4 Å². The summed E-state index contributed by atoms with van der Waals surface area (Å²) in [7, 11) is 0. The van der Waals surface area contributed by atoms with Gasteiger partial charge in [0.1, 0.15) is 0 Å². The molecule has 2 atom stereocenters. The van der Waals surface area contributed by atoms with Crippen LogP contribution in [-0.4, -0.2) is 23.5 Å². The summed E-state index contributed by atoms with van der Waals surface area (Å²) in [5, 5.41) is 12.0. The van der Waals surface area contributed by atoms with Gasteiger partial charge in [-0.1, -0.05) is 13.3 Å². The van der Waals surface area contributed by atoms with Gasteiger partial charge in [-0.3, -0.25) is 9.59 Å². The zero-order valence-electron chi connectivity index (χ0n) is 11.9. The van der Waals surface area contributed by atoms with E-state index in [-0.39, 0.29) is 17.7 Å². The van der Waals surface area contributed by atoms with Crippen LogP contribution in [0.25, 0.3) is 0 Å². The van der Waals surface area contributed by atoms with E-state index in [2.05, 4.69) is 12.2 Å². The molecule has 4 nitrogen and oxygen atoms in total. The molecule has 1 aromatic rings. The van der Waals surface area contributed by atoms with Crippen molar-refractivity contribution < 1.29 is 14.7 Å². The van der Waals surface area contributed by atoms with Gasteiger partial charge in [-0.15, -0.1) is 11.3 Å². The van der Waals surface area contributed by atoms with Gasteiger partial charge >= 0.3 is 5.97 Å². The molecule has 1 aliphatic carbocycles. The minimum atomic E-state index is -0.734. The van der Waals surface area contributed by atoms with Gasteiger partial charge in [-0.2, -0.15) is 0 Å². The molecule has 20 heavy (non-hydrogen) atoms. The number of thiophene rings is 1. The molecule has 0 spiro atoms. The average molecular weight is 295 g/mol. The van der Waals surface area contributed by atoms with Crippen LogP contribution >= 0.6 is 11.3 Å². The lowest BCUT2D eigenvalue weighted by Gasteiger charge is -2.15. The number of aliphatic carboxylic acids is 1. The summed E-state index contributed by atoms with van der Waals surface area (Å²) in [5.41, 5.74) is 1.21. The van der Waals surface area contributed by atoms with Crippen molar-refractivity contribution in [1.82, 2.24) is 5.32 Å². The van der Waals surface area contributed by atoms with Crippen LogP contribution in [-0.2, 0) is 11.2 Å². The van der Waals surface area contributed by atoms with E-state index in [9.17, 15) is 9.59 Å². The Balaban J connectivity index is 1.93. The molecule has 1 amide bonds. The first-order chi connectivity index (χ1) is 9.52. The molecule has 1 heterocycles. The number of aryl methyl sites for hydroxylation is 2. The van der Waals surface area contributed by atoms with Crippen LogP contribution in [0.15, 0.2) is 6.07 Å². The maximum Gasteiger partial charge on any atom is 0.306 e. The number of hydrogen-bond donors (Lipinski definition) is 2. The number of amides is 1. The van der Waals surface area contributed by atoms with E-state index < -0.39 is 5.97 Å². The number of carboxylic acids is 1. The normalized spacial score (nSPS) is 21.9. The second-order valence-electron chi connectivity index (χ2n) is 5.39. The smallest absolute Gasteiger partial charge is 0.306 e. The maximum atomic E-state index is 12.1. The van der Waals surface area contributed by atoms with Crippen LogP contribution < -0.4 is 5.32 Å². The molecule has 0 bridgehead atoms. The van der Waals surface area contributed by atoms with E-state index in [0.29, 0.717) is 6.54 Å². The lowest BCUT2D eigenvalue weighted by atomic mass is 9.96. The highest BCUT2D eigenvalue weighted by Crippen LogP contribution is 2.31. The Bertz CT molecular complexity index is 509. The van der Waals surface area contributed by atoms with E-state index in [4.69, 9.17) is 5.11 Å². The number of hydrogen-bond acceptors (Lipinski definition) is 3. The molecule has 0 saturated heterocycles. The van der Waals surface area contributed by atoms with Gasteiger partial charge in [0.05, 0.1) is 10.8 Å². The van der Waals surface area contributed by atoms with Gasteiger partial charge in [0, 0.05) is 11.4 Å². The monoisotopic (exact) mass is 295 g/mol. The number of carbonyl (C=O) groups is 2. The highest BCUT2D eigenvalue weighted by molar-refractivity contribution is 7.14. The fraction of sp³-hybridized carbons (Fsp3) is 0.600. The Kier molecular flexibility index (Phi) is 4.81. The Morgan fingerprint density at radius 2 is 2.20 bits per heavy atom. The Hall–Kier alpha value is -1.36. The third-order valence-electron chi connectivity index (χ3n) is 4.13. The van der Waals surface area contributed by atoms with Crippen molar-refractivity contribution in [2.45, 2.75) is 39.5 Å². The molecule has 0 aromatic carbocycles. The maximum absolute atomic E-state index is 12.1. The Morgan fingerprint density at radius 1 is 1.45 bits per heavy atom. The third-order valence-corrected chi connectivity index (χ3v) is 5.22. The summed E-state index contributed by atoms with van der Waals surface area (Å²) in [6, 6.07) is 1.94. The number of rotatable bonds is 5. The largest absolute Gasteiger partial charge is 0.481 e. The SMILES string of the molecule is CCc1cc(C(=O)NCC2CCCC2C(=O)O)sc1C. The van der Waals surface area contributed by atoms with E-state index >= 15 is 0 Å².